The molecule has 0 saturated heterocycles. The predicted octanol–water partition coefficient (Wildman–Crippen LogP) is 15.1. The van der Waals surface area contributed by atoms with Gasteiger partial charge < -0.3 is 5.32 Å². The Labute approximate surface area is 290 Å². The van der Waals surface area contributed by atoms with Gasteiger partial charge >= 0.3 is 0 Å². The van der Waals surface area contributed by atoms with Crippen LogP contribution in [0.2, 0.25) is 0 Å². The first-order chi connectivity index (χ1) is 22.1. The first-order valence-electron chi connectivity index (χ1n) is 18.9. The molecule has 46 heavy (non-hydrogen) atoms. The molecule has 1 aromatic carbocycles. The maximum Gasteiger partial charge on any atom is 0.0267 e. The van der Waals surface area contributed by atoms with Gasteiger partial charge in [0.25, 0.3) is 0 Å². The SMILES string of the molecule is C=C=C(C)C(CCCCCCCC(/C=C\C(=C)NCC)=C/C)c1ccccc1.C=CC(C)C(C)C.CCCC.CCCCCCC. The minimum absolute atomic E-state index is 0.461. The fraction of sp³-hybridized carbons (Fsp3) is 0.622. The van der Waals surface area contributed by atoms with E-state index in [4.69, 9.17) is 0 Å². The molecule has 1 N–H and O–H groups in total. The summed E-state index contributed by atoms with van der Waals surface area (Å²) in [5, 5.41) is 3.23. The number of hydrogen-bond acceptors (Lipinski definition) is 1. The van der Waals surface area contributed by atoms with Gasteiger partial charge in [0.2, 0.25) is 0 Å². The summed E-state index contributed by atoms with van der Waals surface area (Å²) in [5.41, 5.74) is 8.15. The van der Waals surface area contributed by atoms with Gasteiger partial charge in [0, 0.05) is 18.2 Å². The first kappa shape index (κ1) is 47.9. The standard InChI is InChI=1S/C27H39N.C7H14.C7H16.C4H10/c1-6-23(4)27(26-18-14-12-15-19-26)20-16-11-9-10-13-17-25(7-2)22-21-24(5)28-8-3;1-5-7(4)6(2)3;1-3-5-7-6-4-2;1-3-4-2/h7,12,14-15,18-19,21-22,27-28H,1,5,8-11,13,16-17,20H2,2-4H3;5-7H,1H2,2-4H3;3-7H2,1-2H3;3-4H2,1-2H3/b22-21-,25-7-;;;. The molecule has 0 fully saturated rings. The smallest absolute Gasteiger partial charge is 0.0267 e. The van der Waals surface area contributed by atoms with Gasteiger partial charge in [-0.3, -0.25) is 0 Å². The Morgan fingerprint density at radius 1 is 0.783 bits per heavy atom. The molecule has 0 aliphatic heterocycles. The summed E-state index contributed by atoms with van der Waals surface area (Å²) in [5.74, 6) is 1.88. The number of hydrogen-bond donors (Lipinski definition) is 1. The molecular weight excluding hydrogens is 555 g/mol. The molecule has 2 unspecified atom stereocenters. The van der Waals surface area contributed by atoms with E-state index in [1.807, 2.05) is 6.08 Å². The molecule has 2 atom stereocenters. The van der Waals surface area contributed by atoms with Gasteiger partial charge in [0.05, 0.1) is 0 Å². The second kappa shape index (κ2) is 37.0. The summed E-state index contributed by atoms with van der Waals surface area (Å²) in [6.45, 7) is 34.3. The predicted molar refractivity (Wildman–Crippen MR) is 215 cm³/mol. The van der Waals surface area contributed by atoms with Crippen molar-refractivity contribution in [3.8, 4) is 0 Å². The van der Waals surface area contributed by atoms with Crippen LogP contribution in [0.4, 0.5) is 0 Å². The van der Waals surface area contributed by atoms with Gasteiger partial charge in [0.15, 0.2) is 0 Å². The molecular formula is C45H79N. The van der Waals surface area contributed by atoms with E-state index in [1.54, 1.807) is 0 Å². The van der Waals surface area contributed by atoms with Crippen LogP contribution >= 0.6 is 0 Å². The van der Waals surface area contributed by atoms with Crippen LogP contribution in [0.3, 0.4) is 0 Å². The van der Waals surface area contributed by atoms with E-state index in [0.717, 1.165) is 24.6 Å². The summed E-state index contributed by atoms with van der Waals surface area (Å²) in [6, 6.07) is 10.8. The quantitative estimate of drug-likeness (QED) is 0.0614. The average molecular weight is 634 g/mol. The van der Waals surface area contributed by atoms with Crippen molar-refractivity contribution >= 4 is 0 Å². The Morgan fingerprint density at radius 2 is 1.33 bits per heavy atom. The van der Waals surface area contributed by atoms with E-state index in [1.165, 1.54) is 100 Å². The Balaban J connectivity index is -0.000000832. The van der Waals surface area contributed by atoms with Crippen molar-refractivity contribution in [3.63, 3.8) is 0 Å². The van der Waals surface area contributed by atoms with Crippen LogP contribution in [0.15, 0.2) is 96.9 Å². The third-order valence-electron chi connectivity index (χ3n) is 8.37. The van der Waals surface area contributed by atoms with Crippen LogP contribution in [0.1, 0.15) is 171 Å². The van der Waals surface area contributed by atoms with Crippen molar-refractivity contribution in [3.05, 3.63) is 103 Å². The van der Waals surface area contributed by atoms with Crippen molar-refractivity contribution in [2.24, 2.45) is 11.8 Å². The monoisotopic (exact) mass is 634 g/mol. The molecule has 1 aromatic rings. The number of benzene rings is 1. The molecule has 0 saturated carbocycles. The minimum Gasteiger partial charge on any atom is -0.386 e. The number of nitrogens with one attached hydrogen (secondary N) is 1. The molecule has 0 radical (unpaired) electrons. The molecule has 0 heterocycles. The molecule has 0 bridgehead atoms. The molecule has 0 aromatic heterocycles. The lowest BCUT2D eigenvalue weighted by atomic mass is 9.87. The number of rotatable bonds is 21. The highest BCUT2D eigenvalue weighted by molar-refractivity contribution is 5.27. The average Bonchev–Trinajstić information content (AvgIpc) is 3.08. The van der Waals surface area contributed by atoms with Crippen molar-refractivity contribution in [1.29, 1.82) is 0 Å². The molecule has 0 aliphatic carbocycles. The summed E-state index contributed by atoms with van der Waals surface area (Å²) in [6.07, 6.45) is 26.9. The normalized spacial score (nSPS) is 11.9. The van der Waals surface area contributed by atoms with E-state index in [0.29, 0.717) is 11.8 Å². The highest BCUT2D eigenvalue weighted by Gasteiger charge is 2.12. The van der Waals surface area contributed by atoms with Crippen LogP contribution in [-0.4, -0.2) is 6.54 Å². The van der Waals surface area contributed by atoms with Gasteiger partial charge in [0.1, 0.15) is 0 Å². The van der Waals surface area contributed by atoms with Crippen LogP contribution in [0, 0.1) is 11.8 Å². The van der Waals surface area contributed by atoms with E-state index < -0.39 is 0 Å². The summed E-state index contributed by atoms with van der Waals surface area (Å²) in [4.78, 5) is 0. The van der Waals surface area contributed by atoms with Crippen LogP contribution in [0.25, 0.3) is 0 Å². The lowest BCUT2D eigenvalue weighted by molar-refractivity contribution is 0.505. The lowest BCUT2D eigenvalue weighted by Crippen LogP contribution is -2.08. The van der Waals surface area contributed by atoms with Crippen LogP contribution < -0.4 is 5.32 Å². The van der Waals surface area contributed by atoms with Crippen molar-refractivity contribution in [2.75, 3.05) is 6.54 Å². The van der Waals surface area contributed by atoms with Gasteiger partial charge in [-0.1, -0.05) is 186 Å². The Bertz CT molecular complexity index is 904. The summed E-state index contributed by atoms with van der Waals surface area (Å²) >= 11 is 0. The van der Waals surface area contributed by atoms with E-state index in [9.17, 15) is 0 Å². The second-order valence-electron chi connectivity index (χ2n) is 12.8. The summed E-state index contributed by atoms with van der Waals surface area (Å²) < 4.78 is 0. The number of allylic oxidation sites excluding steroid dienone is 6. The van der Waals surface area contributed by atoms with E-state index >= 15 is 0 Å². The van der Waals surface area contributed by atoms with Crippen molar-refractivity contribution in [1.82, 2.24) is 5.32 Å². The zero-order valence-corrected chi connectivity index (χ0v) is 32.7. The maximum atomic E-state index is 4.00. The Morgan fingerprint density at radius 3 is 1.76 bits per heavy atom. The zero-order valence-electron chi connectivity index (χ0n) is 32.7. The zero-order chi connectivity index (χ0) is 35.4. The summed E-state index contributed by atoms with van der Waals surface area (Å²) in [7, 11) is 0. The van der Waals surface area contributed by atoms with Crippen LogP contribution in [0.5, 0.6) is 0 Å². The highest BCUT2D eigenvalue weighted by Crippen LogP contribution is 2.29. The van der Waals surface area contributed by atoms with Crippen molar-refractivity contribution < 1.29 is 0 Å². The van der Waals surface area contributed by atoms with Crippen molar-refractivity contribution in [2.45, 2.75) is 165 Å². The van der Waals surface area contributed by atoms with E-state index in [-0.39, 0.29) is 0 Å². The largest absolute Gasteiger partial charge is 0.386 e. The second-order valence-corrected chi connectivity index (χ2v) is 12.8. The van der Waals surface area contributed by atoms with Gasteiger partial charge in [-0.05, 0) is 69.1 Å². The van der Waals surface area contributed by atoms with Gasteiger partial charge in [-0.2, -0.15) is 0 Å². The fourth-order valence-electron chi connectivity index (χ4n) is 4.42. The number of unbranched alkanes of at least 4 members (excludes halogenated alkanes) is 9. The molecule has 0 spiro atoms. The molecule has 0 aliphatic rings. The van der Waals surface area contributed by atoms with Crippen LogP contribution in [-0.2, 0) is 0 Å². The third-order valence-corrected chi connectivity index (χ3v) is 8.37. The molecule has 1 rings (SSSR count). The molecule has 1 heteroatoms. The van der Waals surface area contributed by atoms with Gasteiger partial charge in [-0.15, -0.1) is 12.3 Å². The number of likely N-dealkylation sites (N-methyl/N-ethyl adjacent to an activating group) is 1. The lowest BCUT2D eigenvalue weighted by Gasteiger charge is -2.17. The Hall–Kier alpha value is -2.50. The first-order valence-corrected chi connectivity index (χ1v) is 18.9. The molecule has 1 nitrogen and oxygen atoms in total. The maximum absolute atomic E-state index is 4.00. The highest BCUT2D eigenvalue weighted by atomic mass is 14.8. The molecule has 0 amide bonds. The molecule has 264 valence electrons. The van der Waals surface area contributed by atoms with E-state index in [2.05, 4.69) is 149 Å². The fourth-order valence-corrected chi connectivity index (χ4v) is 4.42. The minimum atomic E-state index is 0.461. The third kappa shape index (κ3) is 31.5. The Kier molecular flexibility index (Phi) is 38.5. The van der Waals surface area contributed by atoms with Gasteiger partial charge in [-0.25, -0.2) is 0 Å². The topological polar surface area (TPSA) is 12.0 Å².